The number of carbonyl (C=O) groups is 1. The summed E-state index contributed by atoms with van der Waals surface area (Å²) in [5.41, 5.74) is 0. The third-order valence-corrected chi connectivity index (χ3v) is 3.99. The first-order valence-corrected chi connectivity index (χ1v) is 8.08. The smallest absolute Gasteiger partial charge is 0.226 e. The lowest BCUT2D eigenvalue weighted by Gasteiger charge is -2.34. The van der Waals surface area contributed by atoms with Gasteiger partial charge in [0.1, 0.15) is 0 Å². The molecule has 0 saturated carbocycles. The summed E-state index contributed by atoms with van der Waals surface area (Å²) >= 11 is 5.65. The van der Waals surface area contributed by atoms with Crippen molar-refractivity contribution in [1.29, 1.82) is 0 Å². The highest BCUT2D eigenvalue weighted by molar-refractivity contribution is 7.88. The molecule has 1 heterocycles. The van der Waals surface area contributed by atoms with Crippen molar-refractivity contribution in [2.45, 2.75) is 25.8 Å². The molecular weight excluding hydrogens is 264 g/mol. The average molecular weight is 283 g/mol. The largest absolute Gasteiger partial charge is 0.341 e. The Morgan fingerprint density at radius 3 is 2.76 bits per heavy atom. The molecule has 1 aliphatic rings. The van der Waals surface area contributed by atoms with Crippen molar-refractivity contribution in [3.8, 4) is 0 Å². The molecule has 100 valence electrons. The molecule has 2 atom stereocenters. The molecule has 17 heavy (non-hydrogen) atoms. The highest BCUT2D eigenvalue weighted by Gasteiger charge is 2.27. The molecule has 1 N–H and O–H groups in total. The van der Waals surface area contributed by atoms with Crippen molar-refractivity contribution < 1.29 is 13.2 Å². The predicted molar refractivity (Wildman–Crippen MR) is 67.5 cm³/mol. The summed E-state index contributed by atoms with van der Waals surface area (Å²) in [7, 11) is -3.21. The minimum absolute atomic E-state index is 0.000000945. The Balaban J connectivity index is 2.57. The monoisotopic (exact) mass is 282 g/mol. The highest BCUT2D eigenvalue weighted by Crippen LogP contribution is 2.14. The Morgan fingerprint density at radius 1 is 1.59 bits per heavy atom. The van der Waals surface area contributed by atoms with Gasteiger partial charge in [0.15, 0.2) is 0 Å². The van der Waals surface area contributed by atoms with Crippen LogP contribution in [0.15, 0.2) is 0 Å². The number of hydrogen-bond donors (Lipinski definition) is 1. The molecule has 0 aromatic carbocycles. The van der Waals surface area contributed by atoms with E-state index in [1.807, 2.05) is 0 Å². The van der Waals surface area contributed by atoms with E-state index in [1.54, 1.807) is 11.8 Å². The predicted octanol–water partition coefficient (Wildman–Crippen LogP) is 0.402. The number of nitrogens with zero attached hydrogens (tertiary/aromatic N) is 1. The topological polar surface area (TPSA) is 66.5 Å². The van der Waals surface area contributed by atoms with Crippen molar-refractivity contribution in [2.75, 3.05) is 25.2 Å². The van der Waals surface area contributed by atoms with Crippen LogP contribution in [-0.4, -0.2) is 50.5 Å². The summed E-state index contributed by atoms with van der Waals surface area (Å²) in [6, 6.07) is -0.176. The maximum absolute atomic E-state index is 11.9. The molecule has 0 aliphatic carbocycles. The first-order chi connectivity index (χ1) is 7.83. The molecule has 0 spiro atoms. The zero-order valence-electron chi connectivity index (χ0n) is 10.1. The number of rotatable bonds is 4. The van der Waals surface area contributed by atoms with Gasteiger partial charge in [-0.25, -0.2) is 13.1 Å². The van der Waals surface area contributed by atoms with Gasteiger partial charge in [0.05, 0.1) is 6.26 Å². The molecule has 1 amide bonds. The molecule has 1 aliphatic heterocycles. The molecular formula is C10H19ClN2O3S. The molecule has 7 heteroatoms. The molecule has 2 unspecified atom stereocenters. The third kappa shape index (κ3) is 4.81. The van der Waals surface area contributed by atoms with Crippen molar-refractivity contribution >= 4 is 27.5 Å². The fraction of sp³-hybridized carbons (Fsp3) is 0.900. The number of sulfonamides is 1. The normalized spacial score (nSPS) is 23.5. The van der Waals surface area contributed by atoms with Crippen molar-refractivity contribution in [3.63, 3.8) is 0 Å². The van der Waals surface area contributed by atoms with Crippen molar-refractivity contribution in [3.05, 3.63) is 0 Å². The van der Waals surface area contributed by atoms with E-state index >= 15 is 0 Å². The number of hydrogen-bond acceptors (Lipinski definition) is 3. The summed E-state index contributed by atoms with van der Waals surface area (Å²) in [6.07, 6.45) is 2.72. The lowest BCUT2D eigenvalue weighted by Crippen LogP contribution is -2.50. The van der Waals surface area contributed by atoms with Crippen LogP contribution in [-0.2, 0) is 14.8 Å². The summed E-state index contributed by atoms with van der Waals surface area (Å²) in [5, 5.41) is 0. The number of carbonyl (C=O) groups excluding carboxylic acids is 1. The van der Waals surface area contributed by atoms with Gasteiger partial charge >= 0.3 is 0 Å². The summed E-state index contributed by atoms with van der Waals surface area (Å²) < 4.78 is 24.8. The minimum Gasteiger partial charge on any atom is -0.341 e. The van der Waals surface area contributed by atoms with Crippen LogP contribution in [0.5, 0.6) is 0 Å². The lowest BCUT2D eigenvalue weighted by atomic mass is 10.0. The highest BCUT2D eigenvalue weighted by atomic mass is 35.5. The van der Waals surface area contributed by atoms with Gasteiger partial charge in [-0.2, -0.15) is 0 Å². The molecule has 1 saturated heterocycles. The summed E-state index contributed by atoms with van der Waals surface area (Å²) in [6.45, 7) is 2.90. The van der Waals surface area contributed by atoms with Gasteiger partial charge < -0.3 is 4.90 Å². The van der Waals surface area contributed by atoms with Crippen LogP contribution in [0.4, 0.5) is 0 Å². The standard InChI is InChI=1S/C10H19ClN2O3S/c1-8(6-11)10(14)13-5-3-4-9(7-13)12-17(2,15)16/h8-9,12H,3-7H2,1-2H3. The quantitative estimate of drug-likeness (QED) is 0.759. The Kier molecular flexibility index (Phi) is 5.22. The zero-order valence-corrected chi connectivity index (χ0v) is 11.7. The first-order valence-electron chi connectivity index (χ1n) is 5.65. The molecule has 0 aromatic rings. The third-order valence-electron chi connectivity index (χ3n) is 2.77. The van der Waals surface area contributed by atoms with Gasteiger partial charge in [-0.15, -0.1) is 11.6 Å². The SMILES string of the molecule is CC(CCl)C(=O)N1CCCC(NS(C)(=O)=O)C1. The average Bonchev–Trinajstić information content (AvgIpc) is 2.25. The van der Waals surface area contributed by atoms with Crippen LogP contribution in [0.1, 0.15) is 19.8 Å². The van der Waals surface area contributed by atoms with E-state index in [4.69, 9.17) is 11.6 Å². The van der Waals surface area contributed by atoms with E-state index in [-0.39, 0.29) is 17.9 Å². The molecule has 1 fully saturated rings. The summed E-state index contributed by atoms with van der Waals surface area (Å²) in [5.74, 6) is 0.0770. The van der Waals surface area contributed by atoms with Crippen LogP contribution < -0.4 is 4.72 Å². The van der Waals surface area contributed by atoms with Crippen LogP contribution in [0.2, 0.25) is 0 Å². The molecule has 1 rings (SSSR count). The van der Waals surface area contributed by atoms with E-state index in [0.29, 0.717) is 19.0 Å². The fourth-order valence-corrected chi connectivity index (χ4v) is 2.88. The van der Waals surface area contributed by atoms with E-state index in [2.05, 4.69) is 4.72 Å². The zero-order chi connectivity index (χ0) is 13.1. The number of alkyl halides is 1. The number of piperidine rings is 1. The Morgan fingerprint density at radius 2 is 2.24 bits per heavy atom. The Hall–Kier alpha value is -0.330. The van der Waals surface area contributed by atoms with E-state index in [1.165, 1.54) is 0 Å². The second-order valence-electron chi connectivity index (χ2n) is 4.57. The van der Waals surface area contributed by atoms with E-state index in [9.17, 15) is 13.2 Å². The fourth-order valence-electron chi connectivity index (χ4n) is 1.95. The van der Waals surface area contributed by atoms with Gasteiger partial charge in [-0.3, -0.25) is 4.79 Å². The van der Waals surface area contributed by atoms with Crippen LogP contribution in [0.3, 0.4) is 0 Å². The molecule has 0 aromatic heterocycles. The molecule has 0 bridgehead atoms. The van der Waals surface area contributed by atoms with Gasteiger partial charge in [0, 0.05) is 30.9 Å². The second kappa shape index (κ2) is 6.02. The molecule has 0 radical (unpaired) electrons. The van der Waals surface area contributed by atoms with Crippen LogP contribution in [0.25, 0.3) is 0 Å². The second-order valence-corrected chi connectivity index (χ2v) is 6.66. The van der Waals surface area contributed by atoms with E-state index < -0.39 is 10.0 Å². The molecule has 5 nitrogen and oxygen atoms in total. The number of likely N-dealkylation sites (tertiary alicyclic amines) is 1. The summed E-state index contributed by atoms with van der Waals surface area (Å²) in [4.78, 5) is 13.6. The Bertz CT molecular complexity index is 372. The first kappa shape index (κ1) is 14.7. The maximum atomic E-state index is 11.9. The van der Waals surface area contributed by atoms with Gasteiger partial charge in [0.25, 0.3) is 0 Å². The minimum atomic E-state index is -3.21. The Labute approximate surface area is 108 Å². The maximum Gasteiger partial charge on any atom is 0.226 e. The van der Waals surface area contributed by atoms with Gasteiger partial charge in [0.2, 0.25) is 15.9 Å². The van der Waals surface area contributed by atoms with Crippen LogP contribution >= 0.6 is 11.6 Å². The number of amides is 1. The van der Waals surface area contributed by atoms with Crippen LogP contribution in [0, 0.1) is 5.92 Å². The lowest BCUT2D eigenvalue weighted by molar-refractivity contribution is -0.135. The van der Waals surface area contributed by atoms with Crippen molar-refractivity contribution in [1.82, 2.24) is 9.62 Å². The van der Waals surface area contributed by atoms with Crippen molar-refractivity contribution in [2.24, 2.45) is 5.92 Å². The van der Waals surface area contributed by atoms with E-state index in [0.717, 1.165) is 19.1 Å². The van der Waals surface area contributed by atoms with Gasteiger partial charge in [-0.1, -0.05) is 6.92 Å². The number of halogens is 1. The number of nitrogens with one attached hydrogen (secondary N) is 1. The van der Waals surface area contributed by atoms with Gasteiger partial charge in [-0.05, 0) is 12.8 Å².